The Bertz CT molecular complexity index is 153. The van der Waals surface area contributed by atoms with E-state index in [1.807, 2.05) is 0 Å². The summed E-state index contributed by atoms with van der Waals surface area (Å²) in [6.07, 6.45) is 6.14. The van der Waals surface area contributed by atoms with Crippen LogP contribution in [-0.4, -0.2) is 48.6 Å². The van der Waals surface area contributed by atoms with E-state index in [0.717, 1.165) is 6.54 Å². The zero-order valence-electron chi connectivity index (χ0n) is 10.5. The van der Waals surface area contributed by atoms with Crippen LogP contribution in [0.2, 0.25) is 0 Å². The van der Waals surface area contributed by atoms with Crippen molar-refractivity contribution < 1.29 is 0 Å². The van der Waals surface area contributed by atoms with E-state index in [4.69, 9.17) is 0 Å². The summed E-state index contributed by atoms with van der Waals surface area (Å²) >= 11 is 2.06. The monoisotopic (exact) mass is 230 g/mol. The summed E-state index contributed by atoms with van der Waals surface area (Å²) in [7, 11) is 0. The predicted octanol–water partition coefficient (Wildman–Crippen LogP) is 2.20. The Morgan fingerprint density at radius 1 is 1.20 bits per heavy atom. The van der Waals surface area contributed by atoms with Crippen LogP contribution in [0.15, 0.2) is 0 Å². The van der Waals surface area contributed by atoms with Crippen LogP contribution in [0.5, 0.6) is 0 Å². The molecule has 15 heavy (non-hydrogen) atoms. The van der Waals surface area contributed by atoms with Crippen molar-refractivity contribution in [1.82, 2.24) is 10.2 Å². The van der Waals surface area contributed by atoms with Gasteiger partial charge in [0.25, 0.3) is 0 Å². The fourth-order valence-corrected chi connectivity index (χ4v) is 3.18. The minimum Gasteiger partial charge on any atom is -0.315 e. The molecule has 1 saturated heterocycles. The van der Waals surface area contributed by atoms with Crippen LogP contribution in [0.4, 0.5) is 0 Å². The van der Waals surface area contributed by atoms with Gasteiger partial charge in [-0.05, 0) is 38.6 Å². The Morgan fingerprint density at radius 2 is 1.93 bits per heavy atom. The summed E-state index contributed by atoms with van der Waals surface area (Å²) in [4.78, 5) is 2.64. The molecule has 90 valence electrons. The van der Waals surface area contributed by atoms with E-state index in [2.05, 4.69) is 42.1 Å². The highest BCUT2D eigenvalue weighted by molar-refractivity contribution is 8.00. The number of rotatable bonds is 5. The second kappa shape index (κ2) is 6.77. The first kappa shape index (κ1) is 13.3. The molecule has 1 heterocycles. The fourth-order valence-electron chi connectivity index (χ4n) is 2.29. The largest absolute Gasteiger partial charge is 0.315 e. The lowest BCUT2D eigenvalue weighted by Gasteiger charge is -2.35. The highest BCUT2D eigenvalue weighted by Crippen LogP contribution is 2.31. The van der Waals surface area contributed by atoms with Crippen molar-refractivity contribution in [2.24, 2.45) is 0 Å². The summed E-state index contributed by atoms with van der Waals surface area (Å²) in [6, 6.07) is 0. The van der Waals surface area contributed by atoms with Gasteiger partial charge >= 0.3 is 0 Å². The van der Waals surface area contributed by atoms with Gasteiger partial charge in [0.15, 0.2) is 0 Å². The zero-order chi connectivity index (χ0) is 11.1. The fraction of sp³-hybridized carbons (Fsp3) is 1.00. The summed E-state index contributed by atoms with van der Waals surface area (Å²) in [5.41, 5.74) is 0. The topological polar surface area (TPSA) is 15.3 Å². The molecule has 0 amide bonds. The van der Waals surface area contributed by atoms with Gasteiger partial charge in [0.05, 0.1) is 0 Å². The molecule has 2 nitrogen and oxygen atoms in total. The van der Waals surface area contributed by atoms with Crippen LogP contribution in [0, 0.1) is 0 Å². The highest BCUT2D eigenvalue weighted by atomic mass is 32.2. The first-order chi connectivity index (χ1) is 7.26. The Kier molecular flexibility index (Phi) is 6.02. The summed E-state index contributed by atoms with van der Waals surface area (Å²) in [6.45, 7) is 10.8. The van der Waals surface area contributed by atoms with Gasteiger partial charge in [-0.15, -0.1) is 0 Å². The first-order valence-corrected chi connectivity index (χ1v) is 7.47. The average molecular weight is 230 g/mol. The molecular weight excluding hydrogens is 204 g/mol. The van der Waals surface area contributed by atoms with Gasteiger partial charge in [-0.3, -0.25) is 0 Å². The van der Waals surface area contributed by atoms with Crippen molar-refractivity contribution >= 4 is 11.8 Å². The first-order valence-electron chi connectivity index (χ1n) is 6.24. The molecule has 0 aromatic heterocycles. The predicted molar refractivity (Wildman–Crippen MR) is 70.8 cm³/mol. The highest BCUT2D eigenvalue weighted by Gasteiger charge is 2.27. The van der Waals surface area contributed by atoms with E-state index in [0.29, 0.717) is 4.75 Å². The minimum absolute atomic E-state index is 0.490. The maximum Gasteiger partial charge on any atom is 0.0279 e. The molecule has 0 bridgehead atoms. The van der Waals surface area contributed by atoms with E-state index in [-0.39, 0.29) is 0 Å². The third-order valence-corrected chi connectivity index (χ3v) is 5.24. The van der Waals surface area contributed by atoms with Crippen LogP contribution < -0.4 is 5.32 Å². The van der Waals surface area contributed by atoms with Gasteiger partial charge in [-0.25, -0.2) is 0 Å². The van der Waals surface area contributed by atoms with Crippen molar-refractivity contribution in [2.75, 3.05) is 39.0 Å². The molecule has 1 aliphatic rings. The van der Waals surface area contributed by atoms with Crippen molar-refractivity contribution in [3.63, 3.8) is 0 Å². The van der Waals surface area contributed by atoms with E-state index in [1.165, 1.54) is 45.4 Å². The molecule has 0 saturated carbocycles. The molecular formula is C12H26N2S. The molecule has 1 fully saturated rings. The van der Waals surface area contributed by atoms with Gasteiger partial charge in [0.1, 0.15) is 0 Å². The van der Waals surface area contributed by atoms with Crippen LogP contribution in [-0.2, 0) is 0 Å². The summed E-state index contributed by atoms with van der Waals surface area (Å²) in [5.74, 6) is 0. The van der Waals surface area contributed by atoms with Gasteiger partial charge in [-0.1, -0.05) is 13.8 Å². The number of nitrogens with zero attached hydrogens (tertiary/aromatic N) is 1. The maximum atomic E-state index is 3.47. The molecule has 0 aromatic rings. The van der Waals surface area contributed by atoms with Gasteiger partial charge < -0.3 is 10.2 Å². The molecule has 1 rings (SSSR count). The number of nitrogens with one attached hydrogen (secondary N) is 1. The second-order valence-electron chi connectivity index (χ2n) is 4.47. The molecule has 1 aliphatic heterocycles. The summed E-state index contributed by atoms with van der Waals surface area (Å²) in [5, 5.41) is 3.47. The van der Waals surface area contributed by atoms with E-state index < -0.39 is 0 Å². The van der Waals surface area contributed by atoms with Gasteiger partial charge in [0, 0.05) is 24.4 Å². The number of hydrogen-bond acceptors (Lipinski definition) is 3. The number of hydrogen-bond donors (Lipinski definition) is 1. The Balaban J connectivity index is 2.48. The van der Waals surface area contributed by atoms with Crippen molar-refractivity contribution in [2.45, 2.75) is 37.9 Å². The van der Waals surface area contributed by atoms with Crippen molar-refractivity contribution in [1.29, 1.82) is 0 Å². The molecule has 0 spiro atoms. The minimum atomic E-state index is 0.490. The van der Waals surface area contributed by atoms with Gasteiger partial charge in [0.2, 0.25) is 0 Å². The standard InChI is InChI=1S/C12H26N2S/c1-4-12(5-2,15-3)11-14-9-6-7-13-8-10-14/h13H,4-11H2,1-3H3. The normalized spacial score (nSPS) is 20.2. The third-order valence-electron chi connectivity index (χ3n) is 3.67. The van der Waals surface area contributed by atoms with E-state index >= 15 is 0 Å². The SMILES string of the molecule is CCC(CC)(CN1CCCNCC1)SC. The third kappa shape index (κ3) is 3.97. The maximum absolute atomic E-state index is 3.47. The van der Waals surface area contributed by atoms with Gasteiger partial charge in [-0.2, -0.15) is 11.8 Å². The van der Waals surface area contributed by atoms with Crippen LogP contribution >= 0.6 is 11.8 Å². The van der Waals surface area contributed by atoms with E-state index in [1.54, 1.807) is 0 Å². The average Bonchev–Trinajstić information content (AvgIpc) is 2.54. The smallest absolute Gasteiger partial charge is 0.0279 e. The van der Waals surface area contributed by atoms with Crippen molar-refractivity contribution in [3.8, 4) is 0 Å². The molecule has 0 aliphatic carbocycles. The Labute approximate surface area is 99.2 Å². The zero-order valence-corrected chi connectivity index (χ0v) is 11.3. The Hall–Kier alpha value is 0.270. The molecule has 0 radical (unpaired) electrons. The quantitative estimate of drug-likeness (QED) is 0.779. The lowest BCUT2D eigenvalue weighted by molar-refractivity contribution is 0.254. The Morgan fingerprint density at radius 3 is 2.53 bits per heavy atom. The molecule has 0 atom stereocenters. The number of thioether (sulfide) groups is 1. The van der Waals surface area contributed by atoms with Crippen LogP contribution in [0.3, 0.4) is 0 Å². The molecule has 0 aromatic carbocycles. The molecule has 3 heteroatoms. The molecule has 1 N–H and O–H groups in total. The van der Waals surface area contributed by atoms with Crippen LogP contribution in [0.25, 0.3) is 0 Å². The second-order valence-corrected chi connectivity index (χ2v) is 5.75. The lowest BCUT2D eigenvalue weighted by atomic mass is 10.0. The van der Waals surface area contributed by atoms with Crippen molar-refractivity contribution in [3.05, 3.63) is 0 Å². The van der Waals surface area contributed by atoms with E-state index in [9.17, 15) is 0 Å². The lowest BCUT2D eigenvalue weighted by Crippen LogP contribution is -2.41. The summed E-state index contributed by atoms with van der Waals surface area (Å²) < 4.78 is 0.490. The van der Waals surface area contributed by atoms with Crippen LogP contribution in [0.1, 0.15) is 33.1 Å². The molecule has 0 unspecified atom stereocenters.